The number of hydrogen-bond acceptors (Lipinski definition) is 3. The molecule has 1 unspecified atom stereocenters. The predicted molar refractivity (Wildman–Crippen MR) is 65.4 cm³/mol. The molecule has 1 atom stereocenters. The van der Waals surface area contributed by atoms with Crippen molar-refractivity contribution in [1.29, 1.82) is 0 Å². The molecule has 1 rings (SSSR count). The van der Waals surface area contributed by atoms with Crippen molar-refractivity contribution < 1.29 is 9.52 Å². The molecule has 3 heteroatoms. The van der Waals surface area contributed by atoms with Crippen molar-refractivity contribution in [3.05, 3.63) is 24.2 Å². The molecule has 0 saturated carbocycles. The van der Waals surface area contributed by atoms with Crippen LogP contribution in [0.1, 0.15) is 39.4 Å². The van der Waals surface area contributed by atoms with Gasteiger partial charge in [0.15, 0.2) is 0 Å². The minimum Gasteiger partial charge on any atom is -0.469 e. The van der Waals surface area contributed by atoms with Crippen LogP contribution in [0.15, 0.2) is 22.8 Å². The maximum absolute atomic E-state index is 10.1. The molecule has 1 heterocycles. The molecule has 0 aliphatic carbocycles. The Bertz CT molecular complexity index is 278. The van der Waals surface area contributed by atoms with Gasteiger partial charge >= 0.3 is 0 Å². The fraction of sp³-hybridized carbons (Fsp3) is 0.692. The smallest absolute Gasteiger partial charge is 0.105 e. The molecule has 1 aromatic heterocycles. The zero-order valence-corrected chi connectivity index (χ0v) is 10.5. The van der Waals surface area contributed by atoms with Crippen LogP contribution < -0.4 is 5.32 Å². The Labute approximate surface area is 97.9 Å². The normalized spacial score (nSPS) is 14.0. The highest BCUT2D eigenvalue weighted by atomic mass is 16.3. The first-order chi connectivity index (χ1) is 7.59. The first-order valence-electron chi connectivity index (χ1n) is 6.08. The van der Waals surface area contributed by atoms with Crippen LogP contribution in [-0.4, -0.2) is 23.3 Å². The van der Waals surface area contributed by atoms with Crippen molar-refractivity contribution >= 4 is 0 Å². The van der Waals surface area contributed by atoms with Crippen LogP contribution >= 0.6 is 0 Å². The van der Waals surface area contributed by atoms with Crippen LogP contribution in [0.25, 0.3) is 0 Å². The zero-order valence-electron chi connectivity index (χ0n) is 10.5. The maximum atomic E-state index is 10.1. The van der Waals surface area contributed by atoms with Crippen LogP contribution in [0.4, 0.5) is 0 Å². The molecule has 0 fully saturated rings. The highest BCUT2D eigenvalue weighted by molar-refractivity contribution is 5.00. The molecule has 2 N–H and O–H groups in total. The summed E-state index contributed by atoms with van der Waals surface area (Å²) < 4.78 is 5.29. The largest absolute Gasteiger partial charge is 0.469 e. The fourth-order valence-electron chi connectivity index (χ4n) is 1.67. The number of aliphatic hydroxyl groups is 1. The van der Waals surface area contributed by atoms with E-state index in [4.69, 9.17) is 4.42 Å². The Hall–Kier alpha value is -0.800. The molecular formula is C13H23NO2. The van der Waals surface area contributed by atoms with Crippen LogP contribution in [0.5, 0.6) is 0 Å². The number of rotatable bonds is 7. The Balaban J connectivity index is 2.32. The lowest BCUT2D eigenvalue weighted by Crippen LogP contribution is -2.43. The second-order valence-corrected chi connectivity index (χ2v) is 4.50. The summed E-state index contributed by atoms with van der Waals surface area (Å²) in [5.74, 6) is 0.983. The van der Waals surface area contributed by atoms with Gasteiger partial charge < -0.3 is 14.8 Å². The van der Waals surface area contributed by atoms with Crippen molar-refractivity contribution in [3.8, 4) is 0 Å². The van der Waals surface area contributed by atoms with Crippen LogP contribution in [-0.2, 0) is 6.42 Å². The zero-order chi connectivity index (χ0) is 12.0. The van der Waals surface area contributed by atoms with Gasteiger partial charge in [-0.2, -0.15) is 0 Å². The van der Waals surface area contributed by atoms with Gasteiger partial charge in [-0.3, -0.25) is 0 Å². The third kappa shape index (κ3) is 3.99. The summed E-state index contributed by atoms with van der Waals surface area (Å²) in [5, 5.41) is 13.5. The van der Waals surface area contributed by atoms with Gasteiger partial charge in [-0.25, -0.2) is 0 Å². The summed E-state index contributed by atoms with van der Waals surface area (Å²) in [4.78, 5) is 0. The molecule has 3 nitrogen and oxygen atoms in total. The lowest BCUT2D eigenvalue weighted by molar-refractivity contribution is 0.0302. The predicted octanol–water partition coefficient (Wildman–Crippen LogP) is 2.35. The molecule has 92 valence electrons. The van der Waals surface area contributed by atoms with Crippen molar-refractivity contribution in [1.82, 2.24) is 5.32 Å². The van der Waals surface area contributed by atoms with Gasteiger partial charge in [0, 0.05) is 19.0 Å². The Morgan fingerprint density at radius 2 is 2.12 bits per heavy atom. The van der Waals surface area contributed by atoms with Crippen LogP contribution in [0.3, 0.4) is 0 Å². The van der Waals surface area contributed by atoms with E-state index in [2.05, 4.69) is 12.2 Å². The van der Waals surface area contributed by atoms with Crippen molar-refractivity contribution in [2.45, 2.75) is 51.7 Å². The molecule has 0 spiro atoms. The van der Waals surface area contributed by atoms with Gasteiger partial charge in [-0.1, -0.05) is 13.8 Å². The number of nitrogens with one attached hydrogen (secondary N) is 1. The third-order valence-electron chi connectivity index (χ3n) is 3.18. The van der Waals surface area contributed by atoms with E-state index in [0.29, 0.717) is 12.6 Å². The van der Waals surface area contributed by atoms with Crippen molar-refractivity contribution in [3.63, 3.8) is 0 Å². The van der Waals surface area contributed by atoms with Crippen molar-refractivity contribution in [2.75, 3.05) is 6.54 Å². The monoisotopic (exact) mass is 225 g/mol. The van der Waals surface area contributed by atoms with Crippen LogP contribution in [0.2, 0.25) is 0 Å². The lowest BCUT2D eigenvalue weighted by atomic mass is 9.97. The fourth-order valence-corrected chi connectivity index (χ4v) is 1.67. The molecule has 0 bridgehead atoms. The van der Waals surface area contributed by atoms with E-state index in [1.807, 2.05) is 26.0 Å². The Kier molecular flexibility index (Phi) is 5.03. The maximum Gasteiger partial charge on any atom is 0.105 e. The highest BCUT2D eigenvalue weighted by Gasteiger charge is 2.22. The Morgan fingerprint density at radius 3 is 2.62 bits per heavy atom. The molecule has 0 aliphatic rings. The minimum absolute atomic E-state index is 0.316. The quantitative estimate of drug-likeness (QED) is 0.748. The molecule has 0 saturated heterocycles. The number of hydrogen-bond donors (Lipinski definition) is 2. The number of furan rings is 1. The van der Waals surface area contributed by atoms with Crippen LogP contribution in [0, 0.1) is 0 Å². The second kappa shape index (κ2) is 6.06. The molecular weight excluding hydrogens is 202 g/mol. The topological polar surface area (TPSA) is 45.4 Å². The first-order valence-corrected chi connectivity index (χ1v) is 6.08. The van der Waals surface area contributed by atoms with Gasteiger partial charge in [0.05, 0.1) is 11.9 Å². The first kappa shape index (κ1) is 13.3. The molecule has 0 aliphatic heterocycles. The molecule has 0 radical (unpaired) electrons. The summed E-state index contributed by atoms with van der Waals surface area (Å²) in [6, 6.07) is 4.19. The summed E-state index contributed by atoms with van der Waals surface area (Å²) in [5.41, 5.74) is -0.572. The molecule has 0 amide bonds. The van der Waals surface area contributed by atoms with Gasteiger partial charge in [-0.15, -0.1) is 0 Å². The lowest BCUT2D eigenvalue weighted by Gasteiger charge is -2.27. The van der Waals surface area contributed by atoms with Gasteiger partial charge in [0.2, 0.25) is 0 Å². The minimum atomic E-state index is -0.572. The van der Waals surface area contributed by atoms with E-state index < -0.39 is 5.60 Å². The van der Waals surface area contributed by atoms with E-state index in [0.717, 1.165) is 25.0 Å². The summed E-state index contributed by atoms with van der Waals surface area (Å²) in [7, 11) is 0. The highest BCUT2D eigenvalue weighted by Crippen LogP contribution is 2.13. The van der Waals surface area contributed by atoms with E-state index in [9.17, 15) is 5.11 Å². The summed E-state index contributed by atoms with van der Waals surface area (Å²) >= 11 is 0. The molecule has 0 aromatic carbocycles. The third-order valence-corrected chi connectivity index (χ3v) is 3.18. The van der Waals surface area contributed by atoms with Gasteiger partial charge in [0.25, 0.3) is 0 Å². The van der Waals surface area contributed by atoms with Gasteiger partial charge in [0.1, 0.15) is 5.76 Å². The van der Waals surface area contributed by atoms with E-state index in [1.165, 1.54) is 0 Å². The average molecular weight is 225 g/mol. The van der Waals surface area contributed by atoms with E-state index in [1.54, 1.807) is 6.26 Å². The van der Waals surface area contributed by atoms with Gasteiger partial charge in [-0.05, 0) is 31.9 Å². The van der Waals surface area contributed by atoms with Crippen molar-refractivity contribution in [2.24, 2.45) is 0 Å². The summed E-state index contributed by atoms with van der Waals surface area (Å²) in [6.45, 7) is 6.78. The average Bonchev–Trinajstić information content (AvgIpc) is 2.79. The standard InChI is InChI=1S/C13H23NO2/c1-4-13(15,5-2)10-14-11(3)9-12-7-6-8-16-12/h6-8,11,14-15H,4-5,9-10H2,1-3H3. The summed E-state index contributed by atoms with van der Waals surface area (Å²) in [6.07, 6.45) is 4.11. The molecule has 1 aromatic rings. The second-order valence-electron chi connectivity index (χ2n) is 4.50. The SMILES string of the molecule is CCC(O)(CC)CNC(C)Cc1ccco1. The Morgan fingerprint density at radius 1 is 1.44 bits per heavy atom. The molecule has 16 heavy (non-hydrogen) atoms. The van der Waals surface area contributed by atoms with E-state index in [-0.39, 0.29) is 0 Å². The van der Waals surface area contributed by atoms with E-state index >= 15 is 0 Å².